The maximum atomic E-state index is 4.59. The summed E-state index contributed by atoms with van der Waals surface area (Å²) in [5.41, 5.74) is 1.20. The van der Waals surface area contributed by atoms with Crippen LogP contribution in [0.1, 0.15) is 31.5 Å². The third-order valence-electron chi connectivity index (χ3n) is 3.72. The van der Waals surface area contributed by atoms with Gasteiger partial charge >= 0.3 is 0 Å². The molecule has 2 heterocycles. The Morgan fingerprint density at radius 2 is 2.33 bits per heavy atom. The summed E-state index contributed by atoms with van der Waals surface area (Å²) < 4.78 is 1.05. The zero-order valence-electron chi connectivity index (χ0n) is 11.2. The molecule has 2 rings (SSSR count). The summed E-state index contributed by atoms with van der Waals surface area (Å²) in [6.07, 6.45) is 4.49. The second-order valence-electron chi connectivity index (χ2n) is 5.04. The quantitative estimate of drug-likeness (QED) is 0.927. The van der Waals surface area contributed by atoms with Crippen molar-refractivity contribution in [1.29, 1.82) is 0 Å². The fourth-order valence-corrected chi connectivity index (χ4v) is 3.07. The minimum Gasteiger partial charge on any atom is -0.317 e. The van der Waals surface area contributed by atoms with E-state index in [2.05, 4.69) is 57.2 Å². The fraction of sp³-hybridized carbons (Fsp3) is 0.643. The lowest BCUT2D eigenvalue weighted by atomic mass is 9.87. The van der Waals surface area contributed by atoms with Crippen molar-refractivity contribution < 1.29 is 0 Å². The van der Waals surface area contributed by atoms with E-state index in [1.807, 2.05) is 6.20 Å². The van der Waals surface area contributed by atoms with Gasteiger partial charge in [0, 0.05) is 10.7 Å². The van der Waals surface area contributed by atoms with E-state index >= 15 is 0 Å². The van der Waals surface area contributed by atoms with Crippen LogP contribution < -0.4 is 5.32 Å². The Morgan fingerprint density at radius 3 is 3.00 bits per heavy atom. The molecule has 1 fully saturated rings. The summed E-state index contributed by atoms with van der Waals surface area (Å²) in [6, 6.07) is 4.69. The van der Waals surface area contributed by atoms with Crippen LogP contribution in [0.2, 0.25) is 0 Å². The highest BCUT2D eigenvalue weighted by molar-refractivity contribution is 9.10. The third kappa shape index (κ3) is 3.31. The molecule has 1 saturated heterocycles. The van der Waals surface area contributed by atoms with Crippen LogP contribution in [0.4, 0.5) is 0 Å². The highest BCUT2D eigenvalue weighted by Crippen LogP contribution is 2.33. The molecule has 100 valence electrons. The molecule has 0 spiro atoms. The Labute approximate surface area is 118 Å². The standard InChI is InChI=1S/C14H22BrN3/c1-3-16-9-11-5-4-8-18(2)14(11)13-7-6-12(15)10-17-13/h6-7,10-11,14,16H,3-5,8-9H2,1-2H3. The molecule has 0 saturated carbocycles. The van der Waals surface area contributed by atoms with Gasteiger partial charge in [-0.1, -0.05) is 6.92 Å². The predicted molar refractivity (Wildman–Crippen MR) is 78.6 cm³/mol. The lowest BCUT2D eigenvalue weighted by Gasteiger charge is -2.39. The van der Waals surface area contributed by atoms with E-state index in [1.54, 1.807) is 0 Å². The van der Waals surface area contributed by atoms with Crippen LogP contribution in [-0.4, -0.2) is 36.6 Å². The van der Waals surface area contributed by atoms with Gasteiger partial charge in [-0.2, -0.15) is 0 Å². The number of nitrogens with one attached hydrogen (secondary N) is 1. The Kier molecular flexibility index (Phi) is 5.15. The SMILES string of the molecule is CCNCC1CCCN(C)C1c1ccc(Br)cn1. The maximum Gasteiger partial charge on any atom is 0.0579 e. The van der Waals surface area contributed by atoms with Crippen molar-refractivity contribution in [3.63, 3.8) is 0 Å². The molecular formula is C14H22BrN3. The smallest absolute Gasteiger partial charge is 0.0579 e. The molecule has 2 atom stereocenters. The Morgan fingerprint density at radius 1 is 1.50 bits per heavy atom. The van der Waals surface area contributed by atoms with Gasteiger partial charge in [-0.25, -0.2) is 0 Å². The van der Waals surface area contributed by atoms with E-state index < -0.39 is 0 Å². The van der Waals surface area contributed by atoms with Gasteiger partial charge in [0.2, 0.25) is 0 Å². The normalized spacial score (nSPS) is 25.3. The molecule has 0 amide bonds. The first-order valence-electron chi connectivity index (χ1n) is 6.74. The van der Waals surface area contributed by atoms with E-state index in [9.17, 15) is 0 Å². The summed E-state index contributed by atoms with van der Waals surface area (Å²) in [7, 11) is 2.21. The van der Waals surface area contributed by atoms with Crippen molar-refractivity contribution in [2.24, 2.45) is 5.92 Å². The number of likely N-dealkylation sites (tertiary alicyclic amines) is 1. The highest BCUT2D eigenvalue weighted by atomic mass is 79.9. The number of nitrogens with zero attached hydrogens (tertiary/aromatic N) is 2. The van der Waals surface area contributed by atoms with Crippen LogP contribution in [0.15, 0.2) is 22.8 Å². The topological polar surface area (TPSA) is 28.2 Å². The molecule has 1 aliphatic rings. The van der Waals surface area contributed by atoms with Crippen molar-refractivity contribution in [3.05, 3.63) is 28.5 Å². The van der Waals surface area contributed by atoms with Crippen molar-refractivity contribution in [1.82, 2.24) is 15.2 Å². The van der Waals surface area contributed by atoms with Crippen LogP contribution in [0.3, 0.4) is 0 Å². The zero-order valence-corrected chi connectivity index (χ0v) is 12.8. The van der Waals surface area contributed by atoms with Gasteiger partial charge in [0.25, 0.3) is 0 Å². The first-order valence-corrected chi connectivity index (χ1v) is 7.54. The zero-order chi connectivity index (χ0) is 13.0. The number of rotatable bonds is 4. The number of piperidine rings is 1. The van der Waals surface area contributed by atoms with Gasteiger partial charge in [0.1, 0.15) is 0 Å². The molecule has 0 radical (unpaired) electrons. The average molecular weight is 312 g/mol. The number of hydrogen-bond donors (Lipinski definition) is 1. The number of halogens is 1. The van der Waals surface area contributed by atoms with E-state index in [4.69, 9.17) is 0 Å². The Hall–Kier alpha value is -0.450. The lowest BCUT2D eigenvalue weighted by molar-refractivity contribution is 0.116. The molecule has 0 aliphatic carbocycles. The summed E-state index contributed by atoms with van der Waals surface area (Å²) in [5.74, 6) is 0.664. The number of aromatic nitrogens is 1. The van der Waals surface area contributed by atoms with Gasteiger partial charge < -0.3 is 5.32 Å². The van der Waals surface area contributed by atoms with E-state index in [1.165, 1.54) is 25.1 Å². The van der Waals surface area contributed by atoms with Crippen LogP contribution in [-0.2, 0) is 0 Å². The van der Waals surface area contributed by atoms with Crippen LogP contribution in [0.25, 0.3) is 0 Å². The molecule has 0 bridgehead atoms. The summed E-state index contributed by atoms with van der Waals surface area (Å²) in [6.45, 7) is 5.47. The van der Waals surface area contributed by atoms with Gasteiger partial charge in [0.05, 0.1) is 11.7 Å². The van der Waals surface area contributed by atoms with Crippen molar-refractivity contribution >= 4 is 15.9 Å². The molecule has 1 aliphatic heterocycles. The molecule has 18 heavy (non-hydrogen) atoms. The van der Waals surface area contributed by atoms with E-state index in [0.717, 1.165) is 17.6 Å². The number of hydrogen-bond acceptors (Lipinski definition) is 3. The van der Waals surface area contributed by atoms with Gasteiger partial charge in [-0.05, 0) is 73.5 Å². The largest absolute Gasteiger partial charge is 0.317 e. The second kappa shape index (κ2) is 6.64. The predicted octanol–water partition coefficient (Wildman–Crippen LogP) is 2.84. The van der Waals surface area contributed by atoms with Gasteiger partial charge in [-0.15, -0.1) is 0 Å². The summed E-state index contributed by atoms with van der Waals surface area (Å²) in [4.78, 5) is 7.04. The number of pyridine rings is 1. The minimum atomic E-state index is 0.450. The Bertz CT molecular complexity index is 366. The fourth-order valence-electron chi connectivity index (χ4n) is 2.83. The van der Waals surface area contributed by atoms with Crippen molar-refractivity contribution in [2.45, 2.75) is 25.8 Å². The molecule has 2 unspecified atom stereocenters. The molecule has 3 nitrogen and oxygen atoms in total. The van der Waals surface area contributed by atoms with Crippen molar-refractivity contribution in [3.8, 4) is 0 Å². The molecule has 1 N–H and O–H groups in total. The molecule has 0 aromatic carbocycles. The van der Waals surface area contributed by atoms with E-state index in [-0.39, 0.29) is 0 Å². The Balaban J connectivity index is 2.15. The maximum absolute atomic E-state index is 4.59. The van der Waals surface area contributed by atoms with Crippen LogP contribution in [0.5, 0.6) is 0 Å². The molecule has 1 aromatic heterocycles. The highest BCUT2D eigenvalue weighted by Gasteiger charge is 2.30. The minimum absolute atomic E-state index is 0.450. The third-order valence-corrected chi connectivity index (χ3v) is 4.19. The summed E-state index contributed by atoms with van der Waals surface area (Å²) in [5, 5.41) is 3.49. The average Bonchev–Trinajstić information content (AvgIpc) is 2.38. The first-order chi connectivity index (χ1) is 8.72. The summed E-state index contributed by atoms with van der Waals surface area (Å²) >= 11 is 3.45. The molecule has 1 aromatic rings. The first kappa shape index (κ1) is 14.0. The molecular weight excluding hydrogens is 290 g/mol. The monoisotopic (exact) mass is 311 g/mol. The molecule has 4 heteroatoms. The van der Waals surface area contributed by atoms with Crippen LogP contribution in [0, 0.1) is 5.92 Å². The van der Waals surface area contributed by atoms with Crippen LogP contribution >= 0.6 is 15.9 Å². The lowest BCUT2D eigenvalue weighted by Crippen LogP contribution is -2.40. The second-order valence-corrected chi connectivity index (χ2v) is 5.95. The van der Waals surface area contributed by atoms with E-state index in [0.29, 0.717) is 12.0 Å². The van der Waals surface area contributed by atoms with Gasteiger partial charge in [-0.3, -0.25) is 9.88 Å². The van der Waals surface area contributed by atoms with Crippen molar-refractivity contribution in [2.75, 3.05) is 26.7 Å². The van der Waals surface area contributed by atoms with Gasteiger partial charge in [0.15, 0.2) is 0 Å².